The maximum absolute atomic E-state index is 14.7. The predicted octanol–water partition coefficient (Wildman–Crippen LogP) is 5.14. The molecule has 3 aromatic heterocycles. The molecule has 0 radical (unpaired) electrons. The Morgan fingerprint density at radius 3 is 2.44 bits per heavy atom. The molecular weight excluding hydrogens is 471 g/mol. The Labute approximate surface area is 206 Å². The molecule has 1 saturated heterocycles. The smallest absolute Gasteiger partial charge is 0.314 e. The number of halogens is 3. The van der Waals surface area contributed by atoms with Crippen LogP contribution in [-0.2, 0) is 13.1 Å². The Bertz CT molecular complexity index is 1320. The van der Waals surface area contributed by atoms with Gasteiger partial charge in [-0.2, -0.15) is 8.78 Å². The Morgan fingerprint density at radius 2 is 1.78 bits per heavy atom. The molecule has 0 saturated carbocycles. The summed E-state index contributed by atoms with van der Waals surface area (Å²) in [6.45, 7) is 7.75. The molecule has 0 unspecified atom stereocenters. The molecule has 36 heavy (non-hydrogen) atoms. The third kappa shape index (κ3) is 5.46. The largest absolute Gasteiger partial charge is 0.415 e. The van der Waals surface area contributed by atoms with Gasteiger partial charge < -0.3 is 4.42 Å². The third-order valence-corrected chi connectivity index (χ3v) is 6.51. The van der Waals surface area contributed by atoms with E-state index in [1.807, 2.05) is 12.1 Å². The van der Waals surface area contributed by atoms with Gasteiger partial charge in [0.2, 0.25) is 5.89 Å². The van der Waals surface area contributed by atoms with E-state index in [-0.39, 0.29) is 18.0 Å². The van der Waals surface area contributed by atoms with Crippen molar-refractivity contribution in [3.63, 3.8) is 0 Å². The van der Waals surface area contributed by atoms with Crippen LogP contribution < -0.4 is 0 Å². The van der Waals surface area contributed by atoms with Crippen LogP contribution in [0.1, 0.15) is 50.3 Å². The van der Waals surface area contributed by atoms with Gasteiger partial charge in [0.1, 0.15) is 11.5 Å². The summed E-state index contributed by atoms with van der Waals surface area (Å²) in [5, 5.41) is 15.1. The number of hydrogen-bond acceptors (Lipinski definition) is 7. The van der Waals surface area contributed by atoms with E-state index in [9.17, 15) is 13.2 Å². The average Bonchev–Trinajstić information content (AvgIpc) is 3.53. The van der Waals surface area contributed by atoms with Gasteiger partial charge in [0.05, 0.1) is 18.4 Å². The second kappa shape index (κ2) is 9.81. The maximum atomic E-state index is 14.7. The van der Waals surface area contributed by atoms with E-state index in [2.05, 4.69) is 44.2 Å². The fraction of sp³-hybridized carbons (Fsp3) is 0.400. The highest BCUT2D eigenvalue weighted by atomic mass is 19.3. The maximum Gasteiger partial charge on any atom is 0.314 e. The minimum absolute atomic E-state index is 0.141. The van der Waals surface area contributed by atoms with E-state index in [1.54, 1.807) is 12.4 Å². The molecule has 0 amide bonds. The van der Waals surface area contributed by atoms with Crippen molar-refractivity contribution in [1.29, 1.82) is 0 Å². The van der Waals surface area contributed by atoms with E-state index in [1.165, 1.54) is 35.7 Å². The van der Waals surface area contributed by atoms with Crippen molar-refractivity contribution in [2.75, 3.05) is 13.1 Å². The van der Waals surface area contributed by atoms with Gasteiger partial charge in [-0.15, -0.1) is 15.3 Å². The van der Waals surface area contributed by atoms with Crippen LogP contribution in [0.15, 0.2) is 47.1 Å². The topological polar surface area (TPSA) is 85.8 Å². The fourth-order valence-corrected chi connectivity index (χ4v) is 4.15. The number of piperidine rings is 1. The first kappa shape index (κ1) is 24.1. The standard InChI is InChI=1S/C25H26F3N7O/c1-25(2)7-9-34(10-8-25)14-19-6-5-17(12-29-19)21-15-35(33-30-21)13-18-4-3-16(11-20(18)26)23-31-32-24(36-23)22(27)28/h3-6,11-12,15,22H,7-10,13-14H2,1-2H3. The number of rotatable bonds is 7. The van der Waals surface area contributed by atoms with E-state index in [4.69, 9.17) is 4.42 Å². The van der Waals surface area contributed by atoms with Crippen LogP contribution in [0, 0.1) is 11.2 Å². The first-order valence-corrected chi connectivity index (χ1v) is 11.7. The average molecular weight is 498 g/mol. The molecule has 4 aromatic rings. The highest BCUT2D eigenvalue weighted by molar-refractivity contribution is 5.56. The van der Waals surface area contributed by atoms with Gasteiger partial charge in [-0.3, -0.25) is 9.88 Å². The van der Waals surface area contributed by atoms with Gasteiger partial charge >= 0.3 is 6.43 Å². The van der Waals surface area contributed by atoms with Crippen LogP contribution in [0.3, 0.4) is 0 Å². The Balaban J connectivity index is 1.22. The highest BCUT2D eigenvalue weighted by Gasteiger charge is 2.25. The molecule has 0 bridgehead atoms. The molecule has 11 heteroatoms. The van der Waals surface area contributed by atoms with Crippen LogP contribution in [0.2, 0.25) is 0 Å². The molecule has 4 heterocycles. The number of alkyl halides is 2. The number of nitrogens with zero attached hydrogens (tertiary/aromatic N) is 7. The number of likely N-dealkylation sites (tertiary alicyclic amines) is 1. The summed E-state index contributed by atoms with van der Waals surface area (Å²) < 4.78 is 46.4. The lowest BCUT2D eigenvalue weighted by atomic mass is 9.83. The molecule has 188 valence electrons. The second-order valence-electron chi connectivity index (χ2n) is 9.83. The van der Waals surface area contributed by atoms with Crippen molar-refractivity contribution in [3.05, 3.63) is 65.7 Å². The first-order valence-electron chi connectivity index (χ1n) is 11.7. The van der Waals surface area contributed by atoms with Crippen molar-refractivity contribution < 1.29 is 17.6 Å². The normalized spacial score (nSPS) is 16.1. The molecule has 0 atom stereocenters. The predicted molar refractivity (Wildman–Crippen MR) is 125 cm³/mol. The first-order chi connectivity index (χ1) is 17.3. The number of hydrogen-bond donors (Lipinski definition) is 0. The second-order valence-corrected chi connectivity index (χ2v) is 9.83. The lowest BCUT2D eigenvalue weighted by Gasteiger charge is -2.36. The zero-order valence-electron chi connectivity index (χ0n) is 20.0. The van der Waals surface area contributed by atoms with E-state index < -0.39 is 18.1 Å². The zero-order valence-corrected chi connectivity index (χ0v) is 20.0. The zero-order chi connectivity index (χ0) is 25.3. The summed E-state index contributed by atoms with van der Waals surface area (Å²) in [6.07, 6.45) is 3.00. The van der Waals surface area contributed by atoms with Gasteiger partial charge in [0.25, 0.3) is 5.89 Å². The molecule has 5 rings (SSSR count). The van der Waals surface area contributed by atoms with Crippen LogP contribution in [0.4, 0.5) is 13.2 Å². The Kier molecular flexibility index (Phi) is 6.57. The van der Waals surface area contributed by atoms with Gasteiger partial charge in [-0.1, -0.05) is 25.1 Å². The monoisotopic (exact) mass is 497 g/mol. The molecule has 0 spiro atoms. The Hall–Kier alpha value is -3.60. The molecule has 8 nitrogen and oxygen atoms in total. The summed E-state index contributed by atoms with van der Waals surface area (Å²) in [4.78, 5) is 7.03. The van der Waals surface area contributed by atoms with Crippen molar-refractivity contribution in [2.24, 2.45) is 5.41 Å². The lowest BCUT2D eigenvalue weighted by molar-refractivity contribution is 0.116. The summed E-state index contributed by atoms with van der Waals surface area (Å²) in [7, 11) is 0. The van der Waals surface area contributed by atoms with Crippen LogP contribution in [-0.4, -0.2) is 48.2 Å². The summed E-state index contributed by atoms with van der Waals surface area (Å²) >= 11 is 0. The molecule has 1 aliphatic rings. The molecular formula is C25H26F3N7O. The van der Waals surface area contributed by atoms with Gasteiger partial charge in [-0.05, 0) is 55.6 Å². The van der Waals surface area contributed by atoms with Crippen LogP contribution in [0.5, 0.6) is 0 Å². The number of benzene rings is 1. The Morgan fingerprint density at radius 1 is 1.00 bits per heavy atom. The molecule has 0 aliphatic carbocycles. The minimum Gasteiger partial charge on any atom is -0.415 e. The van der Waals surface area contributed by atoms with E-state index >= 15 is 0 Å². The molecule has 1 fully saturated rings. The van der Waals surface area contributed by atoms with E-state index in [0.717, 1.165) is 30.9 Å². The number of pyridine rings is 1. The van der Waals surface area contributed by atoms with Crippen LogP contribution >= 0.6 is 0 Å². The summed E-state index contributed by atoms with van der Waals surface area (Å²) in [5.41, 5.74) is 3.45. The molecule has 1 aromatic carbocycles. The van der Waals surface area contributed by atoms with Gasteiger partial charge in [0, 0.05) is 29.4 Å². The highest BCUT2D eigenvalue weighted by Crippen LogP contribution is 2.30. The van der Waals surface area contributed by atoms with Crippen LogP contribution in [0.25, 0.3) is 22.7 Å². The van der Waals surface area contributed by atoms with Gasteiger partial charge in [-0.25, -0.2) is 9.07 Å². The summed E-state index contributed by atoms with van der Waals surface area (Å²) in [5.74, 6) is -1.52. The third-order valence-electron chi connectivity index (χ3n) is 6.51. The lowest BCUT2D eigenvalue weighted by Crippen LogP contribution is -2.36. The molecule has 0 N–H and O–H groups in total. The summed E-state index contributed by atoms with van der Waals surface area (Å²) in [6, 6.07) is 8.20. The number of aromatic nitrogens is 6. The van der Waals surface area contributed by atoms with Crippen molar-refractivity contribution >= 4 is 0 Å². The minimum atomic E-state index is -2.88. The fourth-order valence-electron chi connectivity index (χ4n) is 4.15. The van der Waals surface area contributed by atoms with E-state index in [0.29, 0.717) is 16.7 Å². The van der Waals surface area contributed by atoms with Crippen molar-refractivity contribution in [3.8, 4) is 22.7 Å². The SMILES string of the molecule is CC1(C)CCN(Cc2ccc(-c3cn(Cc4ccc(-c5nnc(C(F)F)o5)cc4F)nn3)cn2)CC1. The quantitative estimate of drug-likeness (QED) is 0.350. The van der Waals surface area contributed by atoms with Crippen molar-refractivity contribution in [1.82, 2.24) is 35.1 Å². The molecule has 1 aliphatic heterocycles. The van der Waals surface area contributed by atoms with Gasteiger partial charge in [0.15, 0.2) is 0 Å². The van der Waals surface area contributed by atoms with Crippen molar-refractivity contribution in [2.45, 2.75) is 46.2 Å².